The molecule has 194 valence electrons. The Balaban J connectivity index is 1.31. The number of urea groups is 1. The maximum Gasteiger partial charge on any atom is 0.331 e. The number of hydrogen-bond donors (Lipinski definition) is 2. The van der Waals surface area contributed by atoms with Crippen LogP contribution in [0.25, 0.3) is 10.2 Å². The Morgan fingerprint density at radius 1 is 1.13 bits per heavy atom. The van der Waals surface area contributed by atoms with E-state index in [1.54, 1.807) is 11.1 Å². The van der Waals surface area contributed by atoms with Gasteiger partial charge in [-0.15, -0.1) is 11.3 Å². The molecule has 0 bridgehead atoms. The van der Waals surface area contributed by atoms with E-state index >= 15 is 0 Å². The van der Waals surface area contributed by atoms with E-state index in [4.69, 9.17) is 4.74 Å². The number of nitrogens with zero attached hydrogens (tertiary/aromatic N) is 3. The van der Waals surface area contributed by atoms with Gasteiger partial charge in [-0.1, -0.05) is 18.2 Å². The van der Waals surface area contributed by atoms with Crippen molar-refractivity contribution in [2.24, 2.45) is 0 Å². The summed E-state index contributed by atoms with van der Waals surface area (Å²) in [5.41, 5.74) is 2.86. The second-order valence-electron chi connectivity index (χ2n) is 9.97. The lowest BCUT2D eigenvalue weighted by molar-refractivity contribution is 0.0901. The largest absolute Gasteiger partial charge is 0.457 e. The number of nitrogens with one attached hydrogen (secondary N) is 2. The molecule has 1 fully saturated rings. The summed E-state index contributed by atoms with van der Waals surface area (Å²) in [6, 6.07) is 17.2. The fourth-order valence-corrected chi connectivity index (χ4v) is 6.24. The Morgan fingerprint density at radius 2 is 1.95 bits per heavy atom. The summed E-state index contributed by atoms with van der Waals surface area (Å²) in [5, 5.41) is 6.97. The number of rotatable bonds is 5. The number of likely N-dealkylation sites (tertiary alicyclic amines) is 1. The van der Waals surface area contributed by atoms with E-state index < -0.39 is 0 Å². The summed E-state index contributed by atoms with van der Waals surface area (Å²) >= 11 is 1.31. The first-order chi connectivity index (χ1) is 18.4. The lowest BCUT2D eigenvalue weighted by atomic mass is 9.99. The summed E-state index contributed by atoms with van der Waals surface area (Å²) in [4.78, 5) is 36.5. The van der Waals surface area contributed by atoms with E-state index in [0.29, 0.717) is 32.9 Å². The topological polar surface area (TPSA) is 86.8 Å². The van der Waals surface area contributed by atoms with E-state index in [9.17, 15) is 9.59 Å². The molecule has 0 saturated carbocycles. The van der Waals surface area contributed by atoms with E-state index in [-0.39, 0.29) is 18.0 Å². The highest BCUT2D eigenvalue weighted by Gasteiger charge is 2.34. The minimum absolute atomic E-state index is 0.105. The second kappa shape index (κ2) is 9.74. The second-order valence-corrected chi connectivity index (χ2v) is 11.0. The molecule has 2 N–H and O–H groups in total. The van der Waals surface area contributed by atoms with Crippen molar-refractivity contribution in [1.82, 2.24) is 15.2 Å². The zero-order chi connectivity index (χ0) is 26.4. The molecule has 2 unspecified atom stereocenters. The third-order valence-corrected chi connectivity index (χ3v) is 8.48. The molecule has 8 nitrogen and oxygen atoms in total. The Bertz CT molecular complexity index is 1540. The minimum Gasteiger partial charge on any atom is -0.457 e. The van der Waals surface area contributed by atoms with Crippen molar-refractivity contribution in [3.05, 3.63) is 71.2 Å². The van der Waals surface area contributed by atoms with Crippen molar-refractivity contribution in [2.45, 2.75) is 38.8 Å². The van der Waals surface area contributed by atoms with Crippen LogP contribution in [0.3, 0.4) is 0 Å². The van der Waals surface area contributed by atoms with Crippen LogP contribution in [0, 0.1) is 6.92 Å². The smallest absolute Gasteiger partial charge is 0.331 e. The summed E-state index contributed by atoms with van der Waals surface area (Å²) in [6.45, 7) is 5.07. The number of thiophene rings is 1. The Morgan fingerprint density at radius 3 is 2.71 bits per heavy atom. The van der Waals surface area contributed by atoms with Gasteiger partial charge in [0.15, 0.2) is 0 Å². The fraction of sp³-hybridized carbons (Fsp3) is 0.276. The highest BCUT2D eigenvalue weighted by molar-refractivity contribution is 7.21. The molecule has 38 heavy (non-hydrogen) atoms. The standard InChI is InChI=1S/C29H29N5O3S/c1-17-15-21(37-20-7-5-4-6-8-20)9-10-22(17)34-23-11-13-30-28-24(23)25(32-29(34)36)26(38-28)27(35)31-19-12-14-33(3)18(2)16-19/h4-11,13,15,18-19H,12,14,16H2,1-3H3,(H,31,35)(H,32,36). The van der Waals surface area contributed by atoms with E-state index in [1.165, 1.54) is 11.3 Å². The molecule has 2 aliphatic heterocycles. The zero-order valence-corrected chi connectivity index (χ0v) is 22.3. The van der Waals surface area contributed by atoms with Gasteiger partial charge in [-0.3, -0.25) is 9.69 Å². The van der Waals surface area contributed by atoms with Gasteiger partial charge < -0.3 is 20.3 Å². The molecule has 2 atom stereocenters. The van der Waals surface area contributed by atoms with Crippen LogP contribution in [-0.2, 0) is 0 Å². The minimum atomic E-state index is -0.315. The first kappa shape index (κ1) is 24.4. The molecular weight excluding hydrogens is 498 g/mol. The van der Waals surface area contributed by atoms with Crippen molar-refractivity contribution in [2.75, 3.05) is 23.8 Å². The van der Waals surface area contributed by atoms with Crippen LogP contribution in [0.15, 0.2) is 60.8 Å². The number of carbonyl (C=O) groups is 2. The highest BCUT2D eigenvalue weighted by Crippen LogP contribution is 2.46. The lowest BCUT2D eigenvalue weighted by Gasteiger charge is -2.35. The number of aryl methyl sites for hydroxylation is 1. The van der Waals surface area contributed by atoms with Gasteiger partial charge in [0.2, 0.25) is 0 Å². The number of pyridine rings is 1. The maximum absolute atomic E-state index is 13.5. The first-order valence-corrected chi connectivity index (χ1v) is 13.6. The van der Waals surface area contributed by atoms with Gasteiger partial charge in [0.05, 0.1) is 22.4 Å². The molecule has 0 aliphatic carbocycles. The van der Waals surface area contributed by atoms with Gasteiger partial charge in [0.25, 0.3) is 5.91 Å². The van der Waals surface area contributed by atoms with Gasteiger partial charge in [-0.25, -0.2) is 9.78 Å². The first-order valence-electron chi connectivity index (χ1n) is 12.8. The van der Waals surface area contributed by atoms with Crippen molar-refractivity contribution < 1.29 is 14.3 Å². The van der Waals surface area contributed by atoms with Crippen LogP contribution < -0.4 is 20.3 Å². The van der Waals surface area contributed by atoms with Crippen molar-refractivity contribution >= 4 is 50.6 Å². The normalized spacial score (nSPS) is 19.3. The molecule has 3 amide bonds. The summed E-state index contributed by atoms with van der Waals surface area (Å²) in [5.74, 6) is 1.27. The van der Waals surface area contributed by atoms with Crippen LogP contribution in [0.2, 0.25) is 0 Å². The molecule has 0 radical (unpaired) electrons. The van der Waals surface area contributed by atoms with E-state index in [2.05, 4.69) is 34.5 Å². The Hall–Kier alpha value is -3.95. The van der Waals surface area contributed by atoms with Gasteiger partial charge in [0, 0.05) is 24.8 Å². The molecule has 2 aromatic heterocycles. The lowest BCUT2D eigenvalue weighted by Crippen LogP contribution is -2.47. The molecule has 4 heterocycles. The molecule has 4 aromatic rings. The van der Waals surface area contributed by atoms with Crippen LogP contribution >= 0.6 is 11.3 Å². The van der Waals surface area contributed by atoms with Crippen molar-refractivity contribution in [1.29, 1.82) is 0 Å². The maximum atomic E-state index is 13.5. The van der Waals surface area contributed by atoms with Crippen LogP contribution in [-0.4, -0.2) is 47.5 Å². The predicted molar refractivity (Wildman–Crippen MR) is 151 cm³/mol. The average molecular weight is 528 g/mol. The van der Waals surface area contributed by atoms with Gasteiger partial charge in [-0.05, 0) is 75.7 Å². The number of aromatic nitrogens is 1. The summed E-state index contributed by atoms with van der Waals surface area (Å²) in [6.07, 6.45) is 3.49. The number of hydrogen-bond acceptors (Lipinski definition) is 6. The van der Waals surface area contributed by atoms with Crippen LogP contribution in [0.4, 0.5) is 21.9 Å². The number of anilines is 3. The predicted octanol–water partition coefficient (Wildman–Crippen LogP) is 6.29. The quantitative estimate of drug-likeness (QED) is 0.318. The molecule has 1 saturated heterocycles. The van der Waals surface area contributed by atoms with Crippen LogP contribution in [0.5, 0.6) is 11.5 Å². The van der Waals surface area contributed by atoms with Gasteiger partial charge in [-0.2, -0.15) is 0 Å². The number of piperidine rings is 1. The molecule has 6 rings (SSSR count). The number of benzene rings is 2. The summed E-state index contributed by atoms with van der Waals surface area (Å²) < 4.78 is 5.97. The molecule has 2 aromatic carbocycles. The van der Waals surface area contributed by atoms with E-state index in [1.807, 2.05) is 61.5 Å². The average Bonchev–Trinajstić information content (AvgIpc) is 3.27. The van der Waals surface area contributed by atoms with Crippen LogP contribution in [0.1, 0.15) is 35.0 Å². The molecule has 0 spiro atoms. The van der Waals surface area contributed by atoms with Crippen molar-refractivity contribution in [3.63, 3.8) is 0 Å². The summed E-state index contributed by atoms with van der Waals surface area (Å²) in [7, 11) is 2.11. The fourth-order valence-electron chi connectivity index (χ4n) is 5.22. The molecule has 9 heteroatoms. The van der Waals surface area contributed by atoms with Gasteiger partial charge in [0.1, 0.15) is 21.2 Å². The monoisotopic (exact) mass is 527 g/mol. The number of carbonyl (C=O) groups excluding carboxylic acids is 2. The Kier molecular flexibility index (Phi) is 6.25. The molecule has 2 aliphatic rings. The van der Waals surface area contributed by atoms with Gasteiger partial charge >= 0.3 is 6.03 Å². The number of ether oxygens (including phenoxy) is 1. The third-order valence-electron chi connectivity index (χ3n) is 7.38. The highest BCUT2D eigenvalue weighted by atomic mass is 32.1. The zero-order valence-electron chi connectivity index (χ0n) is 21.5. The van der Waals surface area contributed by atoms with E-state index in [0.717, 1.165) is 41.8 Å². The van der Waals surface area contributed by atoms with Crippen molar-refractivity contribution in [3.8, 4) is 11.5 Å². The SMILES string of the molecule is Cc1cc(Oc2ccccc2)ccc1N1C(=O)Nc2c(C(=O)NC3CCN(C)C(C)C3)sc3nccc1c23. The third kappa shape index (κ3) is 4.37. The number of para-hydroxylation sites is 1. The Labute approximate surface area is 225 Å². The molecular formula is C29H29N5O3S. The number of amides is 3.